The molecule has 1 heterocycles. The summed E-state index contributed by atoms with van der Waals surface area (Å²) in [6.45, 7) is 2.17. The van der Waals surface area contributed by atoms with E-state index in [2.05, 4.69) is 17.0 Å². The van der Waals surface area contributed by atoms with Crippen molar-refractivity contribution in [2.45, 2.75) is 38.3 Å². The topological polar surface area (TPSA) is 12.5 Å². The van der Waals surface area contributed by atoms with E-state index in [9.17, 15) is 0 Å². The van der Waals surface area contributed by atoms with Crippen molar-refractivity contribution in [2.24, 2.45) is 0 Å². The molecule has 1 unspecified atom stereocenters. The Kier molecular flexibility index (Phi) is 5.33. The minimum atomic E-state index is 0.538. The zero-order valence-corrected chi connectivity index (χ0v) is 11.8. The highest BCUT2D eigenvalue weighted by Crippen LogP contribution is 2.21. The number of likely N-dealkylation sites (tertiary alicyclic amines) is 1. The van der Waals surface area contributed by atoms with Gasteiger partial charge in [0.25, 0.3) is 0 Å². The number of ether oxygens (including phenoxy) is 1. The van der Waals surface area contributed by atoms with Gasteiger partial charge in [0.2, 0.25) is 0 Å². The molecule has 1 fully saturated rings. The van der Waals surface area contributed by atoms with Gasteiger partial charge in [-0.15, -0.1) is 11.6 Å². The van der Waals surface area contributed by atoms with Crippen LogP contribution < -0.4 is 4.74 Å². The number of nitrogens with zero attached hydrogens (tertiary/aromatic N) is 1. The van der Waals surface area contributed by atoms with Gasteiger partial charge in [0.1, 0.15) is 5.75 Å². The molecule has 1 aliphatic heterocycles. The first-order valence-electron chi connectivity index (χ1n) is 6.76. The van der Waals surface area contributed by atoms with Crippen LogP contribution >= 0.6 is 11.6 Å². The zero-order valence-electron chi connectivity index (χ0n) is 11.1. The number of rotatable bonds is 4. The lowest BCUT2D eigenvalue weighted by molar-refractivity contribution is 0.207. The second kappa shape index (κ2) is 7.01. The largest absolute Gasteiger partial charge is 0.497 e. The van der Waals surface area contributed by atoms with Crippen LogP contribution in [0.15, 0.2) is 24.3 Å². The van der Waals surface area contributed by atoms with Crippen LogP contribution in [0.3, 0.4) is 0 Å². The van der Waals surface area contributed by atoms with Crippen LogP contribution in [0.2, 0.25) is 0 Å². The SMILES string of the molecule is COc1ccc(CN2CCCCCC2CCl)cc1. The number of alkyl halides is 1. The highest BCUT2D eigenvalue weighted by Gasteiger charge is 2.19. The van der Waals surface area contributed by atoms with Crippen molar-refractivity contribution in [1.82, 2.24) is 4.90 Å². The number of methoxy groups -OCH3 is 1. The molecule has 0 saturated carbocycles. The third-order valence-corrected chi connectivity index (χ3v) is 4.08. The Balaban J connectivity index is 2.00. The lowest BCUT2D eigenvalue weighted by atomic mass is 10.1. The molecular formula is C15H22ClNO. The van der Waals surface area contributed by atoms with Gasteiger partial charge in [0.15, 0.2) is 0 Å². The molecule has 0 bridgehead atoms. The second-order valence-electron chi connectivity index (χ2n) is 4.98. The van der Waals surface area contributed by atoms with Crippen LogP contribution in [0.25, 0.3) is 0 Å². The third-order valence-electron chi connectivity index (χ3n) is 3.72. The van der Waals surface area contributed by atoms with Crippen LogP contribution in [0.1, 0.15) is 31.2 Å². The van der Waals surface area contributed by atoms with Gasteiger partial charge >= 0.3 is 0 Å². The quantitative estimate of drug-likeness (QED) is 0.772. The molecule has 2 nitrogen and oxygen atoms in total. The van der Waals surface area contributed by atoms with Gasteiger partial charge in [0, 0.05) is 18.5 Å². The summed E-state index contributed by atoms with van der Waals surface area (Å²) in [5.74, 6) is 1.67. The van der Waals surface area contributed by atoms with Crippen molar-refractivity contribution in [3.05, 3.63) is 29.8 Å². The maximum atomic E-state index is 6.10. The molecule has 1 atom stereocenters. The van der Waals surface area contributed by atoms with Gasteiger partial charge in [-0.25, -0.2) is 0 Å². The van der Waals surface area contributed by atoms with Crippen LogP contribution in [-0.2, 0) is 6.54 Å². The van der Waals surface area contributed by atoms with E-state index in [-0.39, 0.29) is 0 Å². The fourth-order valence-electron chi connectivity index (χ4n) is 2.59. The molecule has 2 rings (SSSR count). The second-order valence-corrected chi connectivity index (χ2v) is 5.28. The predicted molar refractivity (Wildman–Crippen MR) is 76.4 cm³/mol. The summed E-state index contributed by atoms with van der Waals surface area (Å²) in [6.07, 6.45) is 5.19. The Labute approximate surface area is 115 Å². The van der Waals surface area contributed by atoms with E-state index in [4.69, 9.17) is 16.3 Å². The van der Waals surface area contributed by atoms with Crippen LogP contribution in [0.5, 0.6) is 5.75 Å². The summed E-state index contributed by atoms with van der Waals surface area (Å²) < 4.78 is 5.19. The Morgan fingerprint density at radius 1 is 1.22 bits per heavy atom. The van der Waals surface area contributed by atoms with E-state index in [1.807, 2.05) is 12.1 Å². The summed E-state index contributed by atoms with van der Waals surface area (Å²) in [5.41, 5.74) is 1.34. The maximum Gasteiger partial charge on any atom is 0.118 e. The smallest absolute Gasteiger partial charge is 0.118 e. The molecule has 1 aliphatic rings. The molecular weight excluding hydrogens is 246 g/mol. The van der Waals surface area contributed by atoms with Crippen molar-refractivity contribution in [3.8, 4) is 5.75 Å². The number of hydrogen-bond donors (Lipinski definition) is 0. The first-order chi connectivity index (χ1) is 8.83. The van der Waals surface area contributed by atoms with Gasteiger partial charge in [-0.1, -0.05) is 25.0 Å². The van der Waals surface area contributed by atoms with E-state index in [1.165, 1.54) is 37.8 Å². The van der Waals surface area contributed by atoms with Crippen molar-refractivity contribution in [2.75, 3.05) is 19.5 Å². The van der Waals surface area contributed by atoms with Gasteiger partial charge < -0.3 is 4.74 Å². The van der Waals surface area contributed by atoms with Gasteiger partial charge in [0.05, 0.1) is 7.11 Å². The van der Waals surface area contributed by atoms with Gasteiger partial charge in [-0.2, -0.15) is 0 Å². The molecule has 18 heavy (non-hydrogen) atoms. The highest BCUT2D eigenvalue weighted by molar-refractivity contribution is 6.18. The minimum absolute atomic E-state index is 0.538. The van der Waals surface area contributed by atoms with Crippen molar-refractivity contribution >= 4 is 11.6 Å². The van der Waals surface area contributed by atoms with Crippen LogP contribution in [0.4, 0.5) is 0 Å². The molecule has 1 saturated heterocycles. The van der Waals surface area contributed by atoms with Crippen molar-refractivity contribution < 1.29 is 4.74 Å². The summed E-state index contributed by atoms with van der Waals surface area (Å²) >= 11 is 6.10. The van der Waals surface area contributed by atoms with E-state index in [1.54, 1.807) is 7.11 Å². The predicted octanol–water partition coefficient (Wildman–Crippen LogP) is 3.68. The van der Waals surface area contributed by atoms with Crippen LogP contribution in [-0.4, -0.2) is 30.5 Å². The number of benzene rings is 1. The summed E-state index contributed by atoms with van der Waals surface area (Å²) in [7, 11) is 1.70. The highest BCUT2D eigenvalue weighted by atomic mass is 35.5. The Morgan fingerprint density at radius 2 is 2.00 bits per heavy atom. The van der Waals surface area contributed by atoms with Crippen molar-refractivity contribution in [1.29, 1.82) is 0 Å². The van der Waals surface area contributed by atoms with E-state index >= 15 is 0 Å². The molecule has 0 amide bonds. The normalized spacial score (nSPS) is 21.6. The molecule has 3 heteroatoms. The standard InChI is InChI=1S/C15H22ClNO/c1-18-15-8-6-13(7-9-15)12-17-10-4-2-3-5-14(17)11-16/h6-9,14H,2-5,10-12H2,1H3. The van der Waals surface area contributed by atoms with Gasteiger partial charge in [-0.05, 0) is 37.1 Å². The van der Waals surface area contributed by atoms with Crippen LogP contribution in [0, 0.1) is 0 Å². The molecule has 0 N–H and O–H groups in total. The molecule has 0 aliphatic carbocycles. The summed E-state index contributed by atoms with van der Waals surface area (Å²) in [5, 5.41) is 0. The minimum Gasteiger partial charge on any atom is -0.497 e. The molecule has 1 aromatic rings. The first-order valence-corrected chi connectivity index (χ1v) is 7.30. The summed E-state index contributed by atoms with van der Waals surface area (Å²) in [6, 6.07) is 8.90. The lowest BCUT2D eigenvalue weighted by Gasteiger charge is -2.28. The van der Waals surface area contributed by atoms with E-state index < -0.39 is 0 Å². The molecule has 100 valence electrons. The van der Waals surface area contributed by atoms with E-state index in [0.29, 0.717) is 6.04 Å². The third kappa shape index (κ3) is 3.63. The average Bonchev–Trinajstić information content (AvgIpc) is 2.64. The number of hydrogen-bond acceptors (Lipinski definition) is 2. The molecule has 0 radical (unpaired) electrons. The van der Waals surface area contributed by atoms with E-state index in [0.717, 1.165) is 18.2 Å². The Bertz CT molecular complexity index is 352. The fourth-order valence-corrected chi connectivity index (χ4v) is 2.93. The maximum absolute atomic E-state index is 6.10. The first kappa shape index (κ1) is 13.7. The molecule has 0 aromatic heterocycles. The fraction of sp³-hybridized carbons (Fsp3) is 0.600. The zero-order chi connectivity index (χ0) is 12.8. The van der Waals surface area contributed by atoms with Crippen molar-refractivity contribution in [3.63, 3.8) is 0 Å². The molecule has 1 aromatic carbocycles. The monoisotopic (exact) mass is 267 g/mol. The lowest BCUT2D eigenvalue weighted by Crippen LogP contribution is -2.35. The average molecular weight is 268 g/mol. The summed E-state index contributed by atoms with van der Waals surface area (Å²) in [4.78, 5) is 2.53. The Morgan fingerprint density at radius 3 is 2.67 bits per heavy atom. The molecule has 0 spiro atoms. The number of halogens is 1. The Hall–Kier alpha value is -0.730. The van der Waals surface area contributed by atoms with Gasteiger partial charge in [-0.3, -0.25) is 4.90 Å².